The standard InChI is InChI=1S/C16H15ClN2O2S/c1-11(21-13-5-3-12(9-18)4-6-13)16(20)19(2)10-14-7-8-15(17)22-14/h3-8,11H,10H2,1-2H3. The molecule has 0 aliphatic heterocycles. The van der Waals surface area contributed by atoms with Crippen molar-refractivity contribution in [2.45, 2.75) is 19.6 Å². The van der Waals surface area contributed by atoms with E-state index < -0.39 is 6.10 Å². The average Bonchev–Trinajstić information content (AvgIpc) is 2.92. The van der Waals surface area contributed by atoms with E-state index in [0.29, 0.717) is 22.2 Å². The van der Waals surface area contributed by atoms with Crippen molar-refractivity contribution in [2.24, 2.45) is 0 Å². The number of ether oxygens (including phenoxy) is 1. The minimum atomic E-state index is -0.603. The van der Waals surface area contributed by atoms with Crippen molar-refractivity contribution >= 4 is 28.8 Å². The van der Waals surface area contributed by atoms with Crippen LogP contribution >= 0.6 is 22.9 Å². The molecule has 0 aliphatic rings. The van der Waals surface area contributed by atoms with Crippen LogP contribution in [0.15, 0.2) is 36.4 Å². The molecule has 0 bridgehead atoms. The maximum Gasteiger partial charge on any atom is 0.263 e. The minimum Gasteiger partial charge on any atom is -0.481 e. The molecule has 4 nitrogen and oxygen atoms in total. The third-order valence-corrected chi connectivity index (χ3v) is 4.26. The first kappa shape index (κ1) is 16.3. The van der Waals surface area contributed by atoms with E-state index in [1.807, 2.05) is 18.2 Å². The van der Waals surface area contributed by atoms with Crippen LogP contribution in [0, 0.1) is 11.3 Å². The Morgan fingerprint density at radius 1 is 1.36 bits per heavy atom. The van der Waals surface area contributed by atoms with Crippen molar-refractivity contribution in [1.29, 1.82) is 5.26 Å². The number of nitriles is 1. The molecule has 1 amide bonds. The number of rotatable bonds is 5. The van der Waals surface area contributed by atoms with Crippen LogP contribution in [0.3, 0.4) is 0 Å². The van der Waals surface area contributed by atoms with Crippen molar-refractivity contribution in [3.8, 4) is 11.8 Å². The number of likely N-dealkylation sites (N-methyl/N-ethyl adjacent to an activating group) is 1. The fourth-order valence-corrected chi connectivity index (χ4v) is 3.06. The highest BCUT2D eigenvalue weighted by Crippen LogP contribution is 2.22. The lowest BCUT2D eigenvalue weighted by Crippen LogP contribution is -2.37. The molecule has 0 fully saturated rings. The predicted octanol–water partition coefficient (Wildman–Crippen LogP) is 3.70. The summed E-state index contributed by atoms with van der Waals surface area (Å²) in [6, 6.07) is 12.4. The van der Waals surface area contributed by atoms with E-state index in [9.17, 15) is 4.79 Å². The van der Waals surface area contributed by atoms with Gasteiger partial charge in [-0.05, 0) is 43.3 Å². The number of nitrogens with zero attached hydrogens (tertiary/aromatic N) is 2. The Morgan fingerprint density at radius 2 is 2.05 bits per heavy atom. The highest BCUT2D eigenvalue weighted by atomic mass is 35.5. The Morgan fingerprint density at radius 3 is 2.59 bits per heavy atom. The molecule has 6 heteroatoms. The molecule has 2 rings (SSSR count). The predicted molar refractivity (Wildman–Crippen MR) is 87.1 cm³/mol. The molecule has 0 radical (unpaired) electrons. The Kier molecular flexibility index (Phi) is 5.42. The summed E-state index contributed by atoms with van der Waals surface area (Å²) in [5, 5.41) is 8.75. The lowest BCUT2D eigenvalue weighted by Gasteiger charge is -2.21. The summed E-state index contributed by atoms with van der Waals surface area (Å²) in [4.78, 5) is 14.9. The number of halogens is 1. The molecule has 1 aromatic heterocycles. The van der Waals surface area contributed by atoms with Crippen LogP contribution in [0.2, 0.25) is 4.34 Å². The zero-order valence-electron chi connectivity index (χ0n) is 12.2. The van der Waals surface area contributed by atoms with Crippen molar-refractivity contribution in [3.05, 3.63) is 51.2 Å². The molecular weight excluding hydrogens is 320 g/mol. The summed E-state index contributed by atoms with van der Waals surface area (Å²) in [6.07, 6.45) is -0.603. The van der Waals surface area contributed by atoms with E-state index in [4.69, 9.17) is 21.6 Å². The molecular formula is C16H15ClN2O2S. The van der Waals surface area contributed by atoms with Crippen LogP contribution < -0.4 is 4.74 Å². The van der Waals surface area contributed by atoms with E-state index in [-0.39, 0.29) is 5.91 Å². The highest BCUT2D eigenvalue weighted by Gasteiger charge is 2.19. The van der Waals surface area contributed by atoms with Crippen LogP contribution in [-0.2, 0) is 11.3 Å². The maximum atomic E-state index is 12.3. The third-order valence-electron chi connectivity index (χ3n) is 3.04. The zero-order valence-corrected chi connectivity index (χ0v) is 13.8. The summed E-state index contributed by atoms with van der Waals surface area (Å²) in [5.41, 5.74) is 0.554. The van der Waals surface area contributed by atoms with Crippen molar-refractivity contribution in [2.75, 3.05) is 7.05 Å². The first-order valence-corrected chi connectivity index (χ1v) is 7.85. The summed E-state index contributed by atoms with van der Waals surface area (Å²) in [6.45, 7) is 2.20. The quantitative estimate of drug-likeness (QED) is 0.837. The molecule has 0 aliphatic carbocycles. The molecule has 1 atom stereocenters. The van der Waals surface area contributed by atoms with Gasteiger partial charge in [-0.15, -0.1) is 11.3 Å². The average molecular weight is 335 g/mol. The summed E-state index contributed by atoms with van der Waals surface area (Å²) in [5.74, 6) is 0.446. The van der Waals surface area contributed by atoms with Gasteiger partial charge in [-0.1, -0.05) is 11.6 Å². The Bertz CT molecular complexity index is 691. The number of hydrogen-bond donors (Lipinski definition) is 0. The molecule has 114 valence electrons. The molecule has 0 spiro atoms. The summed E-state index contributed by atoms with van der Waals surface area (Å²) < 4.78 is 6.32. The SMILES string of the molecule is CC(Oc1ccc(C#N)cc1)C(=O)N(C)Cc1ccc(Cl)s1. The largest absolute Gasteiger partial charge is 0.481 e. The molecule has 1 heterocycles. The second-order valence-corrected chi connectivity index (χ2v) is 6.60. The molecule has 0 saturated carbocycles. The molecule has 0 N–H and O–H groups in total. The van der Waals surface area contributed by atoms with E-state index in [2.05, 4.69) is 0 Å². The van der Waals surface area contributed by atoms with Gasteiger partial charge < -0.3 is 9.64 Å². The van der Waals surface area contributed by atoms with Crippen LogP contribution in [0.5, 0.6) is 5.75 Å². The summed E-state index contributed by atoms with van der Waals surface area (Å²) >= 11 is 7.34. The van der Waals surface area contributed by atoms with Crippen LogP contribution in [0.1, 0.15) is 17.4 Å². The van der Waals surface area contributed by atoms with E-state index in [1.54, 1.807) is 43.1 Å². The number of benzene rings is 1. The fourth-order valence-electron chi connectivity index (χ4n) is 1.92. The van der Waals surface area contributed by atoms with Gasteiger partial charge in [-0.2, -0.15) is 5.26 Å². The summed E-state index contributed by atoms with van der Waals surface area (Å²) in [7, 11) is 1.73. The molecule has 1 unspecified atom stereocenters. The third kappa shape index (κ3) is 4.23. The van der Waals surface area contributed by atoms with Gasteiger partial charge in [0.25, 0.3) is 5.91 Å². The van der Waals surface area contributed by atoms with Gasteiger partial charge in [0.1, 0.15) is 5.75 Å². The normalized spacial score (nSPS) is 11.5. The Hall–Kier alpha value is -2.03. The second-order valence-electron chi connectivity index (χ2n) is 4.80. The lowest BCUT2D eigenvalue weighted by atomic mass is 10.2. The van der Waals surface area contributed by atoms with Crippen molar-refractivity contribution in [1.82, 2.24) is 4.90 Å². The van der Waals surface area contributed by atoms with E-state index in [0.717, 1.165) is 4.88 Å². The molecule has 0 saturated heterocycles. The molecule has 1 aromatic carbocycles. The lowest BCUT2D eigenvalue weighted by molar-refractivity contribution is -0.137. The van der Waals surface area contributed by atoms with Gasteiger partial charge >= 0.3 is 0 Å². The number of carbonyl (C=O) groups is 1. The van der Waals surface area contributed by atoms with Gasteiger partial charge in [0, 0.05) is 11.9 Å². The van der Waals surface area contributed by atoms with Gasteiger partial charge in [0.05, 0.1) is 22.5 Å². The van der Waals surface area contributed by atoms with Crippen LogP contribution in [0.25, 0.3) is 0 Å². The van der Waals surface area contributed by atoms with E-state index >= 15 is 0 Å². The Labute approximate surface area is 138 Å². The van der Waals surface area contributed by atoms with Crippen LogP contribution in [0.4, 0.5) is 0 Å². The van der Waals surface area contributed by atoms with Gasteiger partial charge in [0.15, 0.2) is 6.10 Å². The number of amides is 1. The van der Waals surface area contributed by atoms with Crippen molar-refractivity contribution in [3.63, 3.8) is 0 Å². The molecule has 22 heavy (non-hydrogen) atoms. The first-order chi connectivity index (χ1) is 10.5. The topological polar surface area (TPSA) is 53.3 Å². The van der Waals surface area contributed by atoms with Crippen LogP contribution in [-0.4, -0.2) is 24.0 Å². The maximum absolute atomic E-state index is 12.3. The first-order valence-electron chi connectivity index (χ1n) is 6.65. The number of hydrogen-bond acceptors (Lipinski definition) is 4. The number of thiophene rings is 1. The smallest absolute Gasteiger partial charge is 0.263 e. The second kappa shape index (κ2) is 7.30. The van der Waals surface area contributed by atoms with Gasteiger partial charge in [0.2, 0.25) is 0 Å². The van der Waals surface area contributed by atoms with Gasteiger partial charge in [-0.3, -0.25) is 4.79 Å². The fraction of sp³-hybridized carbons (Fsp3) is 0.250. The van der Waals surface area contributed by atoms with Crippen molar-refractivity contribution < 1.29 is 9.53 Å². The minimum absolute atomic E-state index is 0.117. The van der Waals surface area contributed by atoms with Gasteiger partial charge in [-0.25, -0.2) is 0 Å². The molecule has 2 aromatic rings. The monoisotopic (exact) mass is 334 g/mol. The van der Waals surface area contributed by atoms with E-state index in [1.165, 1.54) is 11.3 Å². The number of carbonyl (C=O) groups excluding carboxylic acids is 1. The zero-order chi connectivity index (χ0) is 16.1. The Balaban J connectivity index is 1.94. The highest BCUT2D eigenvalue weighted by molar-refractivity contribution is 7.16.